The number of anilines is 2. The van der Waals surface area contributed by atoms with Crippen molar-refractivity contribution in [3.05, 3.63) is 179 Å². The number of carbonyl (C=O) groups excluding carboxylic acids is 2. The molecule has 0 bridgehead atoms. The Morgan fingerprint density at radius 1 is 0.456 bits per heavy atom. The largest absolute Gasteiger partial charge is 0.497 e. The summed E-state index contributed by atoms with van der Waals surface area (Å²) in [7, 11) is 6.51. The molecule has 4 unspecified atom stereocenters. The average Bonchev–Trinajstić information content (AvgIpc) is 3.80. The van der Waals surface area contributed by atoms with Crippen LogP contribution < -0.4 is 29.6 Å². The number of amides is 2. The molecule has 10 heteroatoms. The first-order valence-corrected chi connectivity index (χ1v) is 24.0. The van der Waals surface area contributed by atoms with Gasteiger partial charge in [0.1, 0.15) is 35.1 Å². The topological polar surface area (TPSA) is 102 Å². The molecule has 0 saturated carbocycles. The van der Waals surface area contributed by atoms with Gasteiger partial charge in [0.2, 0.25) is 11.8 Å². The molecule has 2 saturated heterocycles. The van der Waals surface area contributed by atoms with Crippen molar-refractivity contribution in [1.82, 2.24) is 9.80 Å². The molecule has 0 radical (unpaired) electrons. The molecule has 2 aliphatic heterocycles. The van der Waals surface area contributed by atoms with Crippen molar-refractivity contribution in [2.45, 2.75) is 89.4 Å². The molecule has 68 heavy (non-hydrogen) atoms. The highest BCUT2D eigenvalue weighted by Crippen LogP contribution is 2.37. The molecule has 0 aliphatic carbocycles. The van der Waals surface area contributed by atoms with Crippen molar-refractivity contribution in [3.63, 3.8) is 0 Å². The van der Waals surface area contributed by atoms with Gasteiger partial charge in [-0.25, -0.2) is 0 Å². The molecule has 0 spiro atoms. The number of hydrogen-bond acceptors (Lipinski definition) is 8. The molecular formula is C58H68N4O6. The van der Waals surface area contributed by atoms with Crippen molar-refractivity contribution in [2.24, 2.45) is 0 Å². The van der Waals surface area contributed by atoms with Crippen LogP contribution in [0.1, 0.15) is 109 Å². The molecule has 0 aromatic heterocycles. The highest BCUT2D eigenvalue weighted by Gasteiger charge is 2.34. The third kappa shape index (κ3) is 12.7. The molecule has 6 aromatic rings. The van der Waals surface area contributed by atoms with Crippen LogP contribution in [0, 0.1) is 13.8 Å². The number of benzene rings is 6. The summed E-state index contributed by atoms with van der Waals surface area (Å²) in [5, 5.41) is 7.00. The fourth-order valence-corrected chi connectivity index (χ4v) is 9.33. The van der Waals surface area contributed by atoms with Gasteiger partial charge in [-0.1, -0.05) is 146 Å². The first kappa shape index (κ1) is 49.0. The summed E-state index contributed by atoms with van der Waals surface area (Å²) in [6, 6.07) is 47.5. The summed E-state index contributed by atoms with van der Waals surface area (Å²) < 4.78 is 21.8. The minimum absolute atomic E-state index is 0.0748. The van der Waals surface area contributed by atoms with Gasteiger partial charge in [-0.15, -0.1) is 0 Å². The Hall–Kier alpha value is -6.94. The predicted octanol–water partition coefficient (Wildman–Crippen LogP) is 12.6. The van der Waals surface area contributed by atoms with Gasteiger partial charge < -0.3 is 39.4 Å². The number of nitrogens with one attached hydrogen (secondary N) is 2. The van der Waals surface area contributed by atoms with Crippen LogP contribution in [0.5, 0.6) is 23.0 Å². The maximum atomic E-state index is 14.2. The highest BCUT2D eigenvalue weighted by atomic mass is 16.5. The van der Waals surface area contributed by atoms with Crippen molar-refractivity contribution in [2.75, 3.05) is 52.2 Å². The molecule has 2 aliphatic rings. The van der Waals surface area contributed by atoms with E-state index in [2.05, 4.69) is 107 Å². The fraction of sp³-hybridized carbons (Fsp3) is 0.345. The maximum Gasteiger partial charge on any atom is 0.250 e. The van der Waals surface area contributed by atoms with Crippen LogP contribution in [0.3, 0.4) is 0 Å². The van der Waals surface area contributed by atoms with Crippen LogP contribution in [0.15, 0.2) is 146 Å². The number of likely N-dealkylation sites (tertiary alicyclic amines) is 2. The van der Waals surface area contributed by atoms with Crippen molar-refractivity contribution in [3.8, 4) is 23.0 Å². The van der Waals surface area contributed by atoms with Gasteiger partial charge in [0.25, 0.3) is 0 Å². The molecule has 356 valence electrons. The first-order chi connectivity index (χ1) is 33.2. The monoisotopic (exact) mass is 917 g/mol. The summed E-state index contributed by atoms with van der Waals surface area (Å²) in [5.41, 5.74) is 8.15. The second-order valence-corrected chi connectivity index (χ2v) is 17.8. The SMILES string of the molecule is COc1cc(NC(C(=O)N2CCCCCC2c2ccccc2)c2ccc(C)cc2)cc(OC)c1.COc1cc(NC(C(=O)N2CCCCCC2c2ccccc2)c2ccc(C)cc2)cc(OC)c1. The van der Waals surface area contributed by atoms with Crippen LogP contribution in [0.4, 0.5) is 11.4 Å². The van der Waals surface area contributed by atoms with E-state index >= 15 is 0 Å². The van der Waals surface area contributed by atoms with Crippen molar-refractivity contribution >= 4 is 23.2 Å². The number of methoxy groups -OCH3 is 4. The van der Waals surface area contributed by atoms with E-state index in [-0.39, 0.29) is 23.9 Å². The van der Waals surface area contributed by atoms with Gasteiger partial charge in [-0.2, -0.15) is 0 Å². The summed E-state index contributed by atoms with van der Waals surface area (Å²) >= 11 is 0. The molecule has 10 nitrogen and oxygen atoms in total. The number of ether oxygens (including phenoxy) is 4. The molecular weight excluding hydrogens is 849 g/mol. The third-order valence-corrected chi connectivity index (χ3v) is 13.1. The van der Waals surface area contributed by atoms with Crippen LogP contribution in [0.2, 0.25) is 0 Å². The Kier molecular flexibility index (Phi) is 17.4. The second-order valence-electron chi connectivity index (χ2n) is 17.8. The minimum Gasteiger partial charge on any atom is -0.497 e. The van der Waals surface area contributed by atoms with Gasteiger partial charge in [0.05, 0.1) is 40.5 Å². The van der Waals surface area contributed by atoms with E-state index < -0.39 is 12.1 Å². The lowest BCUT2D eigenvalue weighted by atomic mass is 9.98. The molecule has 2 amide bonds. The smallest absolute Gasteiger partial charge is 0.250 e. The molecule has 2 heterocycles. The molecule has 8 rings (SSSR count). The zero-order valence-corrected chi connectivity index (χ0v) is 40.6. The Balaban J connectivity index is 0.000000201. The average molecular weight is 917 g/mol. The van der Waals surface area contributed by atoms with Crippen molar-refractivity contribution in [1.29, 1.82) is 0 Å². The summed E-state index contributed by atoms with van der Waals surface area (Å²) in [6.07, 6.45) is 8.52. The summed E-state index contributed by atoms with van der Waals surface area (Å²) in [6.45, 7) is 5.62. The van der Waals surface area contributed by atoms with Gasteiger partial charge in [0, 0.05) is 60.9 Å². The predicted molar refractivity (Wildman–Crippen MR) is 273 cm³/mol. The minimum atomic E-state index is -0.526. The number of hydrogen-bond donors (Lipinski definition) is 2. The molecule has 6 aromatic carbocycles. The Morgan fingerprint density at radius 3 is 1.12 bits per heavy atom. The maximum absolute atomic E-state index is 14.2. The Morgan fingerprint density at radius 2 is 0.794 bits per heavy atom. The second kappa shape index (κ2) is 24.2. The van der Waals surface area contributed by atoms with Crippen LogP contribution in [0.25, 0.3) is 0 Å². The van der Waals surface area contributed by atoms with E-state index in [9.17, 15) is 9.59 Å². The zero-order valence-electron chi connectivity index (χ0n) is 40.6. The Labute approximate surface area is 403 Å². The van der Waals surface area contributed by atoms with Crippen LogP contribution in [-0.2, 0) is 9.59 Å². The zero-order chi connectivity index (χ0) is 47.8. The van der Waals surface area contributed by atoms with Gasteiger partial charge in [-0.05, 0) is 61.8 Å². The fourth-order valence-electron chi connectivity index (χ4n) is 9.33. The summed E-state index contributed by atoms with van der Waals surface area (Å²) in [4.78, 5) is 32.6. The number of aryl methyl sites for hydroxylation is 2. The van der Waals surface area contributed by atoms with Crippen molar-refractivity contribution < 1.29 is 28.5 Å². The third-order valence-electron chi connectivity index (χ3n) is 13.1. The van der Waals surface area contributed by atoms with Gasteiger partial charge in [0.15, 0.2) is 0 Å². The van der Waals surface area contributed by atoms with Crippen LogP contribution >= 0.6 is 0 Å². The van der Waals surface area contributed by atoms with Crippen LogP contribution in [-0.4, -0.2) is 63.1 Å². The molecule has 4 atom stereocenters. The molecule has 2 fully saturated rings. The lowest BCUT2D eigenvalue weighted by Crippen LogP contribution is -2.40. The van der Waals surface area contributed by atoms with Gasteiger partial charge >= 0.3 is 0 Å². The highest BCUT2D eigenvalue weighted by molar-refractivity contribution is 5.88. The van der Waals surface area contributed by atoms with E-state index in [0.717, 1.165) is 98.1 Å². The van der Waals surface area contributed by atoms with E-state index in [1.54, 1.807) is 28.4 Å². The Bertz CT molecular complexity index is 2300. The number of carbonyl (C=O) groups is 2. The lowest BCUT2D eigenvalue weighted by Gasteiger charge is -2.34. The first-order valence-electron chi connectivity index (χ1n) is 24.0. The van der Waals surface area contributed by atoms with E-state index in [1.807, 2.05) is 72.8 Å². The molecule has 2 N–H and O–H groups in total. The lowest BCUT2D eigenvalue weighted by molar-refractivity contribution is -0.135. The number of nitrogens with zero attached hydrogens (tertiary/aromatic N) is 2. The number of rotatable bonds is 14. The summed E-state index contributed by atoms with van der Waals surface area (Å²) in [5.74, 6) is 2.87. The van der Waals surface area contributed by atoms with Gasteiger partial charge in [-0.3, -0.25) is 9.59 Å². The van der Waals surface area contributed by atoms with E-state index in [4.69, 9.17) is 18.9 Å². The van der Waals surface area contributed by atoms with E-state index in [1.165, 1.54) is 11.1 Å². The normalized spacial score (nSPS) is 16.9. The quantitative estimate of drug-likeness (QED) is 0.111. The van der Waals surface area contributed by atoms with E-state index in [0.29, 0.717) is 23.0 Å². The standard InChI is InChI=1S/2C29H34N2O3/c2*1-21-13-15-23(16-14-21)28(30-24-18-25(33-2)20-26(19-24)34-3)29(32)31-17-9-5-8-12-27(31)22-10-6-4-7-11-22/h2*4,6-7,10-11,13-16,18-20,27-28,30H,5,8-9,12,17H2,1-3H3.